The minimum Gasteiger partial charge on any atom is -0.244 e. The maximum Gasteiger partial charge on any atom is 0.183 e. The van der Waals surface area contributed by atoms with Crippen molar-refractivity contribution in [3.63, 3.8) is 0 Å². The van der Waals surface area contributed by atoms with E-state index in [-0.39, 0.29) is 0 Å². The van der Waals surface area contributed by atoms with Crippen LogP contribution in [0.25, 0.3) is 86.9 Å². The first-order valence-corrected chi connectivity index (χ1v) is 15.1. The van der Waals surface area contributed by atoms with Gasteiger partial charge in [-0.3, -0.25) is 0 Å². The number of rotatable bonds is 3. The smallest absolute Gasteiger partial charge is 0.183 e. The second kappa shape index (κ2) is 9.51. The summed E-state index contributed by atoms with van der Waals surface area (Å²) < 4.78 is 2.45. The van der Waals surface area contributed by atoms with Crippen molar-refractivity contribution < 1.29 is 0 Å². The molecule has 6 aromatic carbocycles. The zero-order valence-corrected chi connectivity index (χ0v) is 23.7. The summed E-state index contributed by atoms with van der Waals surface area (Å²) in [6.07, 6.45) is 0. The average molecular weight is 567 g/mol. The maximum absolute atomic E-state index is 5.32. The average Bonchev–Trinajstić information content (AvgIpc) is 3.48. The SMILES string of the molecule is c1ccc(-c2nc(-c3ccccc3)nc(-c3nc4ccccc4c4c5ccccc5c5c6ccccc6sc5c34)n2)cc1. The van der Waals surface area contributed by atoms with Crippen molar-refractivity contribution in [3.8, 4) is 34.3 Å². The molecule has 0 aliphatic rings. The summed E-state index contributed by atoms with van der Waals surface area (Å²) >= 11 is 1.81. The third-order valence-corrected chi connectivity index (χ3v) is 9.28. The van der Waals surface area contributed by atoms with E-state index in [1.165, 1.54) is 36.3 Å². The normalized spacial score (nSPS) is 11.7. The number of thiophene rings is 1. The summed E-state index contributed by atoms with van der Waals surface area (Å²) in [6.45, 7) is 0. The first kappa shape index (κ1) is 24.1. The fourth-order valence-corrected chi connectivity index (χ4v) is 7.47. The van der Waals surface area contributed by atoms with E-state index in [0.717, 1.165) is 33.1 Å². The first-order valence-electron chi connectivity index (χ1n) is 14.3. The highest BCUT2D eigenvalue weighted by molar-refractivity contribution is 7.27. The van der Waals surface area contributed by atoms with Crippen LogP contribution in [0.3, 0.4) is 0 Å². The predicted molar refractivity (Wildman–Crippen MR) is 179 cm³/mol. The summed E-state index contributed by atoms with van der Waals surface area (Å²) in [5.41, 5.74) is 3.56. The molecule has 0 fully saturated rings. The molecule has 9 aromatic rings. The van der Waals surface area contributed by atoms with Crippen LogP contribution in [0.4, 0.5) is 0 Å². The van der Waals surface area contributed by atoms with Gasteiger partial charge in [-0.15, -0.1) is 11.3 Å². The van der Waals surface area contributed by atoms with Crippen LogP contribution in [0.1, 0.15) is 0 Å². The molecule has 0 atom stereocenters. The number of benzene rings is 6. The molecule has 0 saturated carbocycles. The van der Waals surface area contributed by atoms with E-state index in [4.69, 9.17) is 19.9 Å². The Balaban J connectivity index is 1.50. The lowest BCUT2D eigenvalue weighted by atomic mass is 9.93. The summed E-state index contributed by atoms with van der Waals surface area (Å²) in [5, 5.41) is 8.34. The third kappa shape index (κ3) is 3.75. The Morgan fingerprint density at radius 2 is 0.884 bits per heavy atom. The number of para-hydroxylation sites is 1. The van der Waals surface area contributed by atoms with E-state index in [0.29, 0.717) is 17.5 Å². The van der Waals surface area contributed by atoms with Crippen LogP contribution < -0.4 is 0 Å². The molecule has 3 aromatic heterocycles. The van der Waals surface area contributed by atoms with Crippen molar-refractivity contribution in [2.24, 2.45) is 0 Å². The zero-order valence-electron chi connectivity index (χ0n) is 22.9. The van der Waals surface area contributed by atoms with Crippen molar-refractivity contribution in [2.75, 3.05) is 0 Å². The van der Waals surface area contributed by atoms with Crippen molar-refractivity contribution in [1.82, 2.24) is 19.9 Å². The van der Waals surface area contributed by atoms with Gasteiger partial charge in [0, 0.05) is 47.5 Å². The van der Waals surface area contributed by atoms with Crippen LogP contribution in [-0.2, 0) is 0 Å². The largest absolute Gasteiger partial charge is 0.244 e. The molecule has 0 bridgehead atoms. The van der Waals surface area contributed by atoms with E-state index in [1.54, 1.807) is 0 Å². The van der Waals surface area contributed by atoms with Gasteiger partial charge >= 0.3 is 0 Å². The van der Waals surface area contributed by atoms with E-state index < -0.39 is 0 Å². The topological polar surface area (TPSA) is 51.6 Å². The Kier molecular flexibility index (Phi) is 5.33. The van der Waals surface area contributed by atoms with Gasteiger partial charge in [-0.05, 0) is 22.9 Å². The van der Waals surface area contributed by atoms with E-state index in [9.17, 15) is 0 Å². The lowest BCUT2D eigenvalue weighted by Gasteiger charge is -2.15. The van der Waals surface area contributed by atoms with E-state index >= 15 is 0 Å². The van der Waals surface area contributed by atoms with Gasteiger partial charge in [0.1, 0.15) is 5.69 Å². The van der Waals surface area contributed by atoms with Crippen molar-refractivity contribution >= 4 is 64.0 Å². The summed E-state index contributed by atoms with van der Waals surface area (Å²) in [4.78, 5) is 20.5. The quantitative estimate of drug-likeness (QED) is 0.200. The van der Waals surface area contributed by atoms with Crippen LogP contribution >= 0.6 is 11.3 Å². The Hall–Kier alpha value is -5.52. The minimum absolute atomic E-state index is 0.567. The number of hydrogen-bond donors (Lipinski definition) is 0. The van der Waals surface area contributed by atoms with Crippen LogP contribution in [0.15, 0.2) is 133 Å². The number of hydrogen-bond acceptors (Lipinski definition) is 5. The number of aromatic nitrogens is 4. The van der Waals surface area contributed by atoms with Gasteiger partial charge in [-0.1, -0.05) is 121 Å². The molecule has 0 radical (unpaired) electrons. The van der Waals surface area contributed by atoms with E-state index in [1.807, 2.05) is 78.1 Å². The van der Waals surface area contributed by atoms with Gasteiger partial charge in [0.25, 0.3) is 0 Å². The molecule has 200 valence electrons. The summed E-state index contributed by atoms with van der Waals surface area (Å²) in [6, 6.07) is 46.0. The van der Waals surface area contributed by atoms with Gasteiger partial charge in [0.2, 0.25) is 0 Å². The predicted octanol–water partition coefficient (Wildman–Crippen LogP) is 10.1. The molecule has 0 aliphatic heterocycles. The van der Waals surface area contributed by atoms with Gasteiger partial charge < -0.3 is 0 Å². The molecule has 3 heterocycles. The molecule has 0 unspecified atom stereocenters. The maximum atomic E-state index is 5.32. The fourth-order valence-electron chi connectivity index (χ4n) is 6.20. The molecule has 0 amide bonds. The molecule has 0 aliphatic carbocycles. The number of nitrogens with zero attached hydrogens (tertiary/aromatic N) is 4. The summed E-state index contributed by atoms with van der Waals surface area (Å²) in [7, 11) is 0. The highest BCUT2D eigenvalue weighted by atomic mass is 32.1. The highest BCUT2D eigenvalue weighted by Gasteiger charge is 2.23. The lowest BCUT2D eigenvalue weighted by molar-refractivity contribution is 1.07. The third-order valence-electron chi connectivity index (χ3n) is 8.09. The fraction of sp³-hybridized carbons (Fsp3) is 0. The molecule has 43 heavy (non-hydrogen) atoms. The standard InChI is InChI=1S/C38H22N4S/c1-3-13-23(14-4-1)36-40-37(24-15-5-2-6-16-24)42-38(41-36)34-33-31(27-19-9-11-21-29(27)39-34)25-17-7-8-18-26(25)32-28-20-10-12-22-30(28)43-35(32)33/h1-22H. The van der Waals surface area contributed by atoms with Gasteiger partial charge in [-0.2, -0.15) is 0 Å². The minimum atomic E-state index is 0.567. The molecule has 0 saturated heterocycles. The molecule has 9 rings (SSSR count). The molecule has 0 N–H and O–H groups in total. The monoisotopic (exact) mass is 566 g/mol. The van der Waals surface area contributed by atoms with E-state index in [2.05, 4.69) is 66.7 Å². The zero-order chi connectivity index (χ0) is 28.3. The number of pyridine rings is 1. The highest BCUT2D eigenvalue weighted by Crippen LogP contribution is 2.47. The lowest BCUT2D eigenvalue weighted by Crippen LogP contribution is -2.02. The Bertz CT molecular complexity index is 2450. The summed E-state index contributed by atoms with van der Waals surface area (Å²) in [5.74, 6) is 1.82. The van der Waals surface area contributed by atoms with Crippen molar-refractivity contribution in [2.45, 2.75) is 0 Å². The number of fused-ring (bicyclic) bond motifs is 10. The van der Waals surface area contributed by atoms with Crippen LogP contribution in [0.5, 0.6) is 0 Å². The van der Waals surface area contributed by atoms with Crippen molar-refractivity contribution in [1.29, 1.82) is 0 Å². The Labute approximate surface area is 251 Å². The van der Waals surface area contributed by atoms with Gasteiger partial charge in [0.15, 0.2) is 17.5 Å². The molecular weight excluding hydrogens is 545 g/mol. The van der Waals surface area contributed by atoms with Crippen LogP contribution in [0, 0.1) is 0 Å². The van der Waals surface area contributed by atoms with Gasteiger partial charge in [-0.25, -0.2) is 19.9 Å². The molecular formula is C38H22N4S. The molecule has 4 nitrogen and oxygen atoms in total. The van der Waals surface area contributed by atoms with Crippen molar-refractivity contribution in [3.05, 3.63) is 133 Å². The first-order chi connectivity index (χ1) is 21.3. The Morgan fingerprint density at radius 1 is 0.372 bits per heavy atom. The van der Waals surface area contributed by atoms with Crippen LogP contribution in [-0.4, -0.2) is 19.9 Å². The second-order valence-corrected chi connectivity index (χ2v) is 11.7. The second-order valence-electron chi connectivity index (χ2n) is 10.6. The van der Waals surface area contributed by atoms with Crippen LogP contribution in [0.2, 0.25) is 0 Å². The Morgan fingerprint density at radius 3 is 1.56 bits per heavy atom. The molecule has 0 spiro atoms. The molecule has 5 heteroatoms. The van der Waals surface area contributed by atoms with Gasteiger partial charge in [0.05, 0.1) is 5.52 Å².